The SMILES string of the molecule is CC(C)(C)NCC(O)c1ccc(O)c(CO)n1.CC(C)NCC(O)c1cc(O)cc(O)c1. The van der Waals surface area contributed by atoms with Crippen LogP contribution in [0.5, 0.6) is 17.2 Å². The van der Waals surface area contributed by atoms with Gasteiger partial charge in [0.25, 0.3) is 0 Å². The Kier molecular flexibility index (Phi) is 10.8. The Morgan fingerprint density at radius 3 is 2.00 bits per heavy atom. The number of hydrogen-bond acceptors (Lipinski definition) is 9. The first-order valence-corrected chi connectivity index (χ1v) is 10.5. The molecule has 0 bridgehead atoms. The summed E-state index contributed by atoms with van der Waals surface area (Å²) >= 11 is 0. The fourth-order valence-corrected chi connectivity index (χ4v) is 2.60. The number of β-amino-alcohol motifs (C(OH)–C–C–N with tert-alkyl or cyclic N) is 1. The van der Waals surface area contributed by atoms with Crippen LogP contribution in [0.2, 0.25) is 0 Å². The average molecular weight is 452 g/mol. The van der Waals surface area contributed by atoms with E-state index in [4.69, 9.17) is 5.11 Å². The minimum Gasteiger partial charge on any atom is -0.508 e. The maximum Gasteiger partial charge on any atom is 0.139 e. The van der Waals surface area contributed by atoms with E-state index in [0.717, 1.165) is 0 Å². The predicted octanol–water partition coefficient (Wildman–Crippen LogP) is 1.83. The van der Waals surface area contributed by atoms with E-state index in [0.29, 0.717) is 24.3 Å². The number of pyridine rings is 1. The zero-order chi connectivity index (χ0) is 24.5. The van der Waals surface area contributed by atoms with Crippen LogP contribution >= 0.6 is 0 Å². The summed E-state index contributed by atoms with van der Waals surface area (Å²) in [5.74, 6) is -0.158. The van der Waals surface area contributed by atoms with Crippen molar-refractivity contribution in [2.45, 2.75) is 65.0 Å². The minimum absolute atomic E-state index is 0.0476. The number of aromatic hydroxyl groups is 3. The lowest BCUT2D eigenvalue weighted by atomic mass is 10.1. The zero-order valence-corrected chi connectivity index (χ0v) is 19.4. The Labute approximate surface area is 189 Å². The van der Waals surface area contributed by atoms with Crippen LogP contribution in [-0.2, 0) is 6.61 Å². The topological polar surface area (TPSA) is 158 Å². The molecule has 0 saturated heterocycles. The highest BCUT2D eigenvalue weighted by atomic mass is 16.3. The molecule has 0 saturated carbocycles. The average Bonchev–Trinajstić information content (AvgIpc) is 2.69. The maximum atomic E-state index is 9.91. The Morgan fingerprint density at radius 1 is 0.906 bits per heavy atom. The van der Waals surface area contributed by atoms with E-state index in [-0.39, 0.29) is 41.1 Å². The van der Waals surface area contributed by atoms with Gasteiger partial charge in [0.15, 0.2) is 0 Å². The van der Waals surface area contributed by atoms with Gasteiger partial charge in [0.1, 0.15) is 29.0 Å². The van der Waals surface area contributed by atoms with Gasteiger partial charge in [-0.3, -0.25) is 0 Å². The molecule has 9 heteroatoms. The highest BCUT2D eigenvalue weighted by Crippen LogP contribution is 2.24. The number of aliphatic hydroxyl groups is 3. The summed E-state index contributed by atoms with van der Waals surface area (Å²) < 4.78 is 0. The molecular formula is C23H37N3O6. The van der Waals surface area contributed by atoms with E-state index in [1.807, 2.05) is 34.6 Å². The second kappa shape index (κ2) is 12.6. The Balaban J connectivity index is 0.000000323. The van der Waals surface area contributed by atoms with Crippen molar-refractivity contribution >= 4 is 0 Å². The third-order valence-electron chi connectivity index (χ3n) is 4.32. The van der Waals surface area contributed by atoms with Gasteiger partial charge >= 0.3 is 0 Å². The number of rotatable bonds is 8. The van der Waals surface area contributed by atoms with Gasteiger partial charge in [0.05, 0.1) is 18.4 Å². The lowest BCUT2D eigenvalue weighted by Crippen LogP contribution is -2.38. The summed E-state index contributed by atoms with van der Waals surface area (Å²) in [7, 11) is 0. The molecule has 9 nitrogen and oxygen atoms in total. The first-order valence-electron chi connectivity index (χ1n) is 10.5. The lowest BCUT2D eigenvalue weighted by molar-refractivity contribution is 0.158. The smallest absolute Gasteiger partial charge is 0.139 e. The normalized spacial score (nSPS) is 13.4. The van der Waals surface area contributed by atoms with Crippen molar-refractivity contribution in [2.75, 3.05) is 13.1 Å². The molecule has 0 aliphatic rings. The molecule has 2 atom stereocenters. The van der Waals surface area contributed by atoms with E-state index in [1.54, 1.807) is 6.07 Å². The van der Waals surface area contributed by atoms with Crippen LogP contribution in [0.4, 0.5) is 0 Å². The van der Waals surface area contributed by atoms with E-state index in [1.165, 1.54) is 24.3 Å². The third kappa shape index (κ3) is 10.3. The molecule has 1 aromatic carbocycles. The van der Waals surface area contributed by atoms with Crippen molar-refractivity contribution in [3.8, 4) is 17.2 Å². The van der Waals surface area contributed by atoms with Gasteiger partial charge in [-0.15, -0.1) is 0 Å². The molecule has 2 rings (SSSR count). The van der Waals surface area contributed by atoms with E-state index < -0.39 is 12.2 Å². The van der Waals surface area contributed by atoms with Crippen LogP contribution in [0.3, 0.4) is 0 Å². The van der Waals surface area contributed by atoms with Gasteiger partial charge in [-0.1, -0.05) is 13.8 Å². The third-order valence-corrected chi connectivity index (χ3v) is 4.32. The summed E-state index contributed by atoms with van der Waals surface area (Å²) in [5, 5.41) is 62.6. The number of phenolic OH excluding ortho intramolecular Hbond substituents is 2. The molecule has 1 aromatic heterocycles. The molecule has 32 heavy (non-hydrogen) atoms. The van der Waals surface area contributed by atoms with Gasteiger partial charge < -0.3 is 41.3 Å². The molecule has 0 spiro atoms. The maximum absolute atomic E-state index is 9.91. The zero-order valence-electron chi connectivity index (χ0n) is 19.4. The van der Waals surface area contributed by atoms with Crippen molar-refractivity contribution in [2.24, 2.45) is 0 Å². The molecule has 1 heterocycles. The van der Waals surface area contributed by atoms with Gasteiger partial charge in [0, 0.05) is 30.7 Å². The van der Waals surface area contributed by atoms with E-state index >= 15 is 0 Å². The van der Waals surface area contributed by atoms with Crippen LogP contribution in [-0.4, -0.2) is 60.3 Å². The number of nitrogens with zero attached hydrogens (tertiary/aromatic N) is 1. The lowest BCUT2D eigenvalue weighted by Gasteiger charge is -2.22. The molecule has 0 radical (unpaired) electrons. The van der Waals surface area contributed by atoms with Gasteiger partial charge in [-0.05, 0) is 50.6 Å². The fraction of sp³-hybridized carbons (Fsp3) is 0.522. The van der Waals surface area contributed by atoms with Crippen LogP contribution in [0.1, 0.15) is 63.8 Å². The summed E-state index contributed by atoms with van der Waals surface area (Å²) in [6, 6.07) is 7.35. The van der Waals surface area contributed by atoms with Crippen molar-refractivity contribution in [3.05, 3.63) is 47.3 Å². The Morgan fingerprint density at radius 2 is 1.50 bits per heavy atom. The molecule has 0 amide bonds. The molecular weight excluding hydrogens is 414 g/mol. The quantitative estimate of drug-likeness (QED) is 0.300. The molecule has 0 aliphatic carbocycles. The van der Waals surface area contributed by atoms with Crippen molar-refractivity contribution in [3.63, 3.8) is 0 Å². The summed E-state index contributed by atoms with van der Waals surface area (Å²) in [6.45, 7) is 10.4. The Bertz CT molecular complexity index is 819. The molecule has 2 unspecified atom stereocenters. The number of aromatic nitrogens is 1. The summed E-state index contributed by atoms with van der Waals surface area (Å²) in [5.41, 5.74) is 1.03. The number of hydrogen-bond donors (Lipinski definition) is 8. The first kappa shape index (κ1) is 27.6. The van der Waals surface area contributed by atoms with Crippen LogP contribution in [0.15, 0.2) is 30.3 Å². The molecule has 180 valence electrons. The highest BCUT2D eigenvalue weighted by molar-refractivity contribution is 5.37. The largest absolute Gasteiger partial charge is 0.508 e. The minimum atomic E-state index is -0.764. The number of aliphatic hydroxyl groups excluding tert-OH is 3. The van der Waals surface area contributed by atoms with Crippen LogP contribution in [0.25, 0.3) is 0 Å². The van der Waals surface area contributed by atoms with Crippen LogP contribution < -0.4 is 10.6 Å². The molecule has 2 aromatic rings. The predicted molar refractivity (Wildman–Crippen MR) is 122 cm³/mol. The van der Waals surface area contributed by atoms with Gasteiger partial charge in [-0.2, -0.15) is 0 Å². The molecule has 0 aliphatic heterocycles. The van der Waals surface area contributed by atoms with E-state index in [9.17, 15) is 25.5 Å². The molecule has 8 N–H and O–H groups in total. The second-order valence-electron chi connectivity index (χ2n) is 8.87. The van der Waals surface area contributed by atoms with Crippen molar-refractivity contribution in [1.29, 1.82) is 0 Å². The van der Waals surface area contributed by atoms with Crippen molar-refractivity contribution in [1.82, 2.24) is 15.6 Å². The summed E-state index contributed by atoms with van der Waals surface area (Å²) in [4.78, 5) is 4.00. The Hall–Kier alpha value is -2.43. The fourth-order valence-electron chi connectivity index (χ4n) is 2.60. The van der Waals surface area contributed by atoms with Crippen molar-refractivity contribution < 1.29 is 30.6 Å². The molecule has 0 fully saturated rings. The second-order valence-corrected chi connectivity index (χ2v) is 8.87. The monoisotopic (exact) mass is 451 g/mol. The standard InChI is InChI=1S/C12H20N2O3.C11H17NO3/c1-12(2,3)13-6-11(17)8-4-5-10(16)9(7-15)14-8;1-7(2)12-6-11(15)8-3-9(13)5-10(14)4-8/h4-5,11,13,15-17H,6-7H2,1-3H3;3-5,7,11-15H,6H2,1-2H3. The summed E-state index contributed by atoms with van der Waals surface area (Å²) in [6.07, 6.45) is -1.49. The van der Waals surface area contributed by atoms with Gasteiger partial charge in [0.2, 0.25) is 0 Å². The first-order chi connectivity index (χ1) is 14.8. The number of benzene rings is 1. The number of phenols is 2. The van der Waals surface area contributed by atoms with E-state index in [2.05, 4.69) is 15.6 Å². The highest BCUT2D eigenvalue weighted by Gasteiger charge is 2.16. The van der Waals surface area contributed by atoms with Crippen LogP contribution in [0, 0.1) is 0 Å². The number of nitrogens with one attached hydrogen (secondary N) is 2. The van der Waals surface area contributed by atoms with Gasteiger partial charge in [-0.25, -0.2) is 4.98 Å².